The zero-order chi connectivity index (χ0) is 20.0. The number of carbonyl (C=O) groups is 1. The third-order valence-corrected chi connectivity index (χ3v) is 4.65. The molecule has 5 nitrogen and oxygen atoms in total. The van der Waals surface area contributed by atoms with Crippen LogP contribution in [0.25, 0.3) is 0 Å². The van der Waals surface area contributed by atoms with Gasteiger partial charge >= 0.3 is 0 Å². The van der Waals surface area contributed by atoms with E-state index in [1.807, 2.05) is 18.2 Å². The van der Waals surface area contributed by atoms with Crippen molar-refractivity contribution in [2.75, 3.05) is 11.9 Å². The van der Waals surface area contributed by atoms with Crippen LogP contribution < -0.4 is 15.8 Å². The molecule has 5 heteroatoms. The summed E-state index contributed by atoms with van der Waals surface area (Å²) in [5.74, 6) is 0.775. The number of pyridine rings is 1. The van der Waals surface area contributed by atoms with Gasteiger partial charge in [0.1, 0.15) is 12.4 Å². The predicted molar refractivity (Wildman–Crippen MR) is 111 cm³/mol. The third-order valence-electron chi connectivity index (χ3n) is 4.65. The molecule has 0 saturated heterocycles. The van der Waals surface area contributed by atoms with E-state index in [1.165, 1.54) is 0 Å². The lowest BCUT2D eigenvalue weighted by Gasteiger charge is -2.23. The Balaban J connectivity index is 2.23. The van der Waals surface area contributed by atoms with Crippen LogP contribution in [0.2, 0.25) is 0 Å². The number of ether oxygens (including phenoxy) is 1. The van der Waals surface area contributed by atoms with Crippen molar-refractivity contribution in [1.29, 1.82) is 0 Å². The Morgan fingerprint density at radius 3 is 2.33 bits per heavy atom. The molecule has 0 aliphatic carbocycles. The van der Waals surface area contributed by atoms with Crippen LogP contribution in [-0.2, 0) is 0 Å². The molecule has 0 aliphatic heterocycles. The van der Waals surface area contributed by atoms with Gasteiger partial charge in [-0.05, 0) is 53.6 Å². The summed E-state index contributed by atoms with van der Waals surface area (Å²) in [6, 6.07) is 7.84. The van der Waals surface area contributed by atoms with E-state index in [1.54, 1.807) is 18.5 Å². The Bertz CT molecular complexity index is 758. The molecule has 0 bridgehead atoms. The summed E-state index contributed by atoms with van der Waals surface area (Å²) < 4.78 is 6.06. The van der Waals surface area contributed by atoms with E-state index < -0.39 is 5.91 Å². The van der Waals surface area contributed by atoms with Crippen LogP contribution in [0.4, 0.5) is 5.69 Å². The minimum atomic E-state index is -0.409. The van der Waals surface area contributed by atoms with Gasteiger partial charge in [-0.25, -0.2) is 0 Å². The molecule has 1 aromatic carbocycles. The molecule has 0 saturated carbocycles. The fraction of sp³-hybridized carbons (Fsp3) is 0.455. The Kier molecular flexibility index (Phi) is 7.22. The number of hydrogen-bond donors (Lipinski definition) is 2. The lowest BCUT2D eigenvalue weighted by atomic mass is 9.86. The Morgan fingerprint density at radius 2 is 1.81 bits per heavy atom. The minimum absolute atomic E-state index is 0.150. The van der Waals surface area contributed by atoms with Crippen molar-refractivity contribution in [3.05, 3.63) is 53.3 Å². The number of amides is 1. The topological polar surface area (TPSA) is 77.2 Å². The van der Waals surface area contributed by atoms with E-state index in [2.05, 4.69) is 44.9 Å². The highest BCUT2D eigenvalue weighted by Crippen LogP contribution is 2.33. The number of nitrogens with two attached hydrogens (primary N) is 1. The molecule has 1 heterocycles. The molecule has 27 heavy (non-hydrogen) atoms. The Morgan fingerprint density at radius 1 is 1.15 bits per heavy atom. The van der Waals surface area contributed by atoms with Crippen LogP contribution in [0.15, 0.2) is 36.7 Å². The van der Waals surface area contributed by atoms with Gasteiger partial charge in [0.2, 0.25) is 5.91 Å². The summed E-state index contributed by atoms with van der Waals surface area (Å²) in [7, 11) is 0. The second-order valence-electron chi connectivity index (χ2n) is 7.44. The summed E-state index contributed by atoms with van der Waals surface area (Å²) in [4.78, 5) is 16.1. The number of nitrogens with one attached hydrogen (secondary N) is 1. The molecule has 0 fully saturated rings. The smallest absolute Gasteiger partial charge is 0.249 e. The summed E-state index contributed by atoms with van der Waals surface area (Å²) >= 11 is 0. The number of anilines is 1. The van der Waals surface area contributed by atoms with Crippen molar-refractivity contribution in [2.24, 2.45) is 5.73 Å². The summed E-state index contributed by atoms with van der Waals surface area (Å²) in [5, 5.41) is 3.45. The van der Waals surface area contributed by atoms with Crippen LogP contribution in [0.3, 0.4) is 0 Å². The van der Waals surface area contributed by atoms with Gasteiger partial charge in [-0.1, -0.05) is 34.6 Å². The van der Waals surface area contributed by atoms with E-state index in [-0.39, 0.29) is 17.9 Å². The minimum Gasteiger partial charge on any atom is -0.491 e. The van der Waals surface area contributed by atoms with Crippen LogP contribution in [0.1, 0.15) is 74.4 Å². The summed E-state index contributed by atoms with van der Waals surface area (Å²) in [6.45, 7) is 11.0. The van der Waals surface area contributed by atoms with Gasteiger partial charge in [0.05, 0.1) is 6.04 Å². The van der Waals surface area contributed by atoms with Gasteiger partial charge in [0.25, 0.3) is 0 Å². The van der Waals surface area contributed by atoms with Gasteiger partial charge in [0.15, 0.2) is 0 Å². The Labute approximate surface area is 162 Å². The maximum absolute atomic E-state index is 12.0. The van der Waals surface area contributed by atoms with Crippen molar-refractivity contribution in [1.82, 2.24) is 4.98 Å². The van der Waals surface area contributed by atoms with Crippen molar-refractivity contribution >= 4 is 11.6 Å². The number of nitrogens with zero attached hydrogens (tertiary/aromatic N) is 1. The lowest BCUT2D eigenvalue weighted by Crippen LogP contribution is -2.26. The van der Waals surface area contributed by atoms with E-state index in [9.17, 15) is 4.79 Å². The van der Waals surface area contributed by atoms with Gasteiger partial charge in [0, 0.05) is 23.6 Å². The Hall–Kier alpha value is -2.56. The van der Waals surface area contributed by atoms with E-state index in [4.69, 9.17) is 10.5 Å². The van der Waals surface area contributed by atoms with E-state index >= 15 is 0 Å². The van der Waals surface area contributed by atoms with Crippen LogP contribution in [0.5, 0.6) is 5.75 Å². The molecular formula is C22H31N3O2. The summed E-state index contributed by atoms with van der Waals surface area (Å²) in [5.41, 5.74) is 9.37. The first-order chi connectivity index (χ1) is 12.8. The molecule has 0 spiro atoms. The average Bonchev–Trinajstić information content (AvgIpc) is 2.64. The largest absolute Gasteiger partial charge is 0.491 e. The zero-order valence-electron chi connectivity index (χ0n) is 17.0. The normalized spacial score (nSPS) is 12.3. The van der Waals surface area contributed by atoms with E-state index in [0.29, 0.717) is 17.9 Å². The van der Waals surface area contributed by atoms with Gasteiger partial charge in [-0.2, -0.15) is 0 Å². The second-order valence-corrected chi connectivity index (χ2v) is 7.44. The highest BCUT2D eigenvalue weighted by Gasteiger charge is 2.20. The average molecular weight is 370 g/mol. The maximum atomic E-state index is 12.0. The number of hydrogen-bond acceptors (Lipinski definition) is 4. The predicted octanol–water partition coefficient (Wildman–Crippen LogP) is 4.70. The van der Waals surface area contributed by atoms with Gasteiger partial charge < -0.3 is 15.8 Å². The molecule has 2 rings (SSSR count). The zero-order valence-corrected chi connectivity index (χ0v) is 17.0. The summed E-state index contributed by atoms with van der Waals surface area (Å²) in [6.07, 6.45) is 4.43. The first-order valence-electron chi connectivity index (χ1n) is 9.60. The molecule has 0 radical (unpaired) electrons. The molecule has 1 aromatic heterocycles. The van der Waals surface area contributed by atoms with Gasteiger partial charge in [-0.15, -0.1) is 0 Å². The number of rotatable bonds is 9. The van der Waals surface area contributed by atoms with Crippen molar-refractivity contribution in [3.8, 4) is 5.75 Å². The van der Waals surface area contributed by atoms with Crippen LogP contribution in [0, 0.1) is 0 Å². The molecule has 0 aliphatic rings. The number of aromatic nitrogens is 1. The highest BCUT2D eigenvalue weighted by molar-refractivity contribution is 5.95. The number of benzene rings is 1. The highest BCUT2D eigenvalue weighted by atomic mass is 16.5. The van der Waals surface area contributed by atoms with Crippen LogP contribution >= 0.6 is 0 Å². The van der Waals surface area contributed by atoms with Crippen molar-refractivity contribution in [3.63, 3.8) is 0 Å². The first-order valence-corrected chi connectivity index (χ1v) is 9.60. The number of primary amides is 1. The van der Waals surface area contributed by atoms with E-state index in [0.717, 1.165) is 23.2 Å². The fourth-order valence-electron chi connectivity index (χ4n) is 3.20. The molecule has 1 amide bonds. The molecule has 1 unspecified atom stereocenters. The molecule has 1 atom stereocenters. The molecule has 2 aromatic rings. The standard InChI is InChI=1S/C22H31N3O2/c1-6-16(25-17-7-9-24-10-8-17)13-27-18-11-19(14(2)3)21(15(4)5)20(12-18)22(23)26/h7-12,14-16H,6,13H2,1-5H3,(H2,23,26)(H,24,25). The first kappa shape index (κ1) is 20.7. The molecule has 146 valence electrons. The quantitative estimate of drug-likeness (QED) is 0.672. The molecule has 3 N–H and O–H groups in total. The monoisotopic (exact) mass is 369 g/mol. The van der Waals surface area contributed by atoms with Gasteiger partial charge in [-0.3, -0.25) is 9.78 Å². The van der Waals surface area contributed by atoms with Crippen LogP contribution in [-0.4, -0.2) is 23.5 Å². The number of carbonyl (C=O) groups excluding carboxylic acids is 1. The lowest BCUT2D eigenvalue weighted by molar-refractivity contribution is 0.0998. The third kappa shape index (κ3) is 5.46. The maximum Gasteiger partial charge on any atom is 0.249 e. The second kappa shape index (κ2) is 9.40. The SMILES string of the molecule is CCC(COc1cc(C(N)=O)c(C(C)C)c(C(C)C)c1)Nc1ccncc1. The van der Waals surface area contributed by atoms with Crippen molar-refractivity contribution in [2.45, 2.75) is 58.9 Å². The van der Waals surface area contributed by atoms with Crippen molar-refractivity contribution < 1.29 is 9.53 Å². The fourth-order valence-corrected chi connectivity index (χ4v) is 3.20. The molecular weight excluding hydrogens is 338 g/mol.